The zero-order valence-corrected chi connectivity index (χ0v) is 26.4. The molecule has 45 heavy (non-hydrogen) atoms. The lowest BCUT2D eigenvalue weighted by Gasteiger charge is -2.60. The Labute approximate surface area is 263 Å². The van der Waals surface area contributed by atoms with Crippen LogP contribution in [0.4, 0.5) is 0 Å². The van der Waals surface area contributed by atoms with E-state index in [1.165, 1.54) is 7.11 Å². The van der Waals surface area contributed by atoms with Gasteiger partial charge in [-0.25, -0.2) is 4.79 Å². The molecule has 244 valence electrons. The number of carbonyl (C=O) groups excluding carboxylic acids is 5. The molecule has 1 aromatic rings. The summed E-state index contributed by atoms with van der Waals surface area (Å²) < 4.78 is 10.0. The number of aliphatic hydroxyl groups is 2. The second kappa shape index (κ2) is 12.8. The third-order valence-electron chi connectivity index (χ3n) is 11.5. The topological polar surface area (TPSA) is 156 Å². The van der Waals surface area contributed by atoms with Gasteiger partial charge in [0.2, 0.25) is 11.7 Å². The number of hydrogen-bond acceptors (Lipinski definition) is 9. The molecule has 0 aromatic heterocycles. The number of esters is 2. The molecular weight excluding hydrogens is 578 g/mol. The predicted molar refractivity (Wildman–Crippen MR) is 162 cm³/mol. The molecule has 0 radical (unpaired) electrons. The summed E-state index contributed by atoms with van der Waals surface area (Å²) in [5.74, 6) is -2.31. The molecule has 0 heterocycles. The van der Waals surface area contributed by atoms with Crippen molar-refractivity contribution in [3.05, 3.63) is 47.5 Å². The van der Waals surface area contributed by atoms with Gasteiger partial charge in [0, 0.05) is 24.7 Å². The summed E-state index contributed by atoms with van der Waals surface area (Å²) in [5, 5.41) is 26.0. The molecule has 5 unspecified atom stereocenters. The van der Waals surface area contributed by atoms with E-state index in [-0.39, 0.29) is 61.1 Å². The maximum atomic E-state index is 13.5. The SMILES string of the molecule is COC(=O)C(Cc1ccccc1)NC(=O)CCC(=O)OCC(=O)[C@@]1(O)CCC2C3CCC4=CC(=O)CC[C@]4(C)C3C(O)C[C@@]21C. The fraction of sp³-hybridized carbons (Fsp3) is 0.629. The molecule has 4 aliphatic carbocycles. The van der Waals surface area contributed by atoms with Crippen molar-refractivity contribution in [2.75, 3.05) is 13.7 Å². The minimum atomic E-state index is -1.76. The highest BCUT2D eigenvalue weighted by molar-refractivity contribution is 5.92. The van der Waals surface area contributed by atoms with E-state index in [4.69, 9.17) is 9.47 Å². The summed E-state index contributed by atoms with van der Waals surface area (Å²) in [6.45, 7) is 3.40. The molecule has 10 heteroatoms. The number of methoxy groups -OCH3 is 1. The molecule has 0 aliphatic heterocycles. The maximum absolute atomic E-state index is 13.5. The van der Waals surface area contributed by atoms with Gasteiger partial charge in [-0.1, -0.05) is 49.8 Å². The average Bonchev–Trinajstić information content (AvgIpc) is 3.29. The van der Waals surface area contributed by atoms with Crippen LogP contribution in [0.3, 0.4) is 0 Å². The highest BCUT2D eigenvalue weighted by Crippen LogP contribution is 2.67. The van der Waals surface area contributed by atoms with Crippen LogP contribution in [0, 0.1) is 28.6 Å². The maximum Gasteiger partial charge on any atom is 0.328 e. The highest BCUT2D eigenvalue weighted by atomic mass is 16.5. The number of allylic oxidation sites excluding steroid dienone is 1. The van der Waals surface area contributed by atoms with Crippen LogP contribution in [0.25, 0.3) is 0 Å². The Kier molecular flexibility index (Phi) is 9.38. The third kappa shape index (κ3) is 6.11. The van der Waals surface area contributed by atoms with Gasteiger partial charge in [0.05, 0.1) is 19.6 Å². The Morgan fingerprint density at radius 1 is 1.04 bits per heavy atom. The summed E-state index contributed by atoms with van der Waals surface area (Å²) in [4.78, 5) is 63.0. The second-order valence-electron chi connectivity index (χ2n) is 13.9. The van der Waals surface area contributed by atoms with Gasteiger partial charge in [-0.2, -0.15) is 0 Å². The van der Waals surface area contributed by atoms with Crippen molar-refractivity contribution in [3.63, 3.8) is 0 Å². The van der Waals surface area contributed by atoms with E-state index in [0.717, 1.165) is 24.0 Å². The van der Waals surface area contributed by atoms with Crippen LogP contribution >= 0.6 is 0 Å². The first-order valence-electron chi connectivity index (χ1n) is 16.1. The lowest BCUT2D eigenvalue weighted by Crippen LogP contribution is -2.62. The van der Waals surface area contributed by atoms with Crippen LogP contribution in [-0.4, -0.2) is 71.1 Å². The first-order valence-corrected chi connectivity index (χ1v) is 16.1. The average molecular weight is 624 g/mol. The molecule has 0 saturated heterocycles. The van der Waals surface area contributed by atoms with Crippen LogP contribution in [0.2, 0.25) is 0 Å². The fourth-order valence-electron chi connectivity index (χ4n) is 9.16. The van der Waals surface area contributed by atoms with Crippen molar-refractivity contribution in [2.24, 2.45) is 28.6 Å². The number of ether oxygens (including phenoxy) is 2. The van der Waals surface area contributed by atoms with Gasteiger partial charge < -0.3 is 25.0 Å². The van der Waals surface area contributed by atoms with E-state index in [1.807, 2.05) is 37.3 Å². The third-order valence-corrected chi connectivity index (χ3v) is 11.5. The molecule has 3 N–H and O–H groups in total. The Balaban J connectivity index is 1.16. The monoisotopic (exact) mass is 623 g/mol. The van der Waals surface area contributed by atoms with Gasteiger partial charge >= 0.3 is 11.9 Å². The van der Waals surface area contributed by atoms with Gasteiger partial charge in [-0.15, -0.1) is 0 Å². The van der Waals surface area contributed by atoms with E-state index in [9.17, 15) is 34.2 Å². The van der Waals surface area contributed by atoms with Crippen LogP contribution < -0.4 is 5.32 Å². The number of hydrogen-bond donors (Lipinski definition) is 3. The number of nitrogens with one attached hydrogen (secondary N) is 1. The number of benzene rings is 1. The van der Waals surface area contributed by atoms with E-state index in [0.29, 0.717) is 19.3 Å². The van der Waals surface area contributed by atoms with Crippen molar-refractivity contribution in [2.45, 2.75) is 95.8 Å². The minimum Gasteiger partial charge on any atom is -0.467 e. The Bertz CT molecular complexity index is 1370. The van der Waals surface area contributed by atoms with Crippen molar-refractivity contribution in [1.29, 1.82) is 0 Å². The zero-order valence-electron chi connectivity index (χ0n) is 26.4. The van der Waals surface area contributed by atoms with Gasteiger partial charge in [-0.05, 0) is 73.3 Å². The first-order chi connectivity index (χ1) is 21.3. The van der Waals surface area contributed by atoms with Gasteiger partial charge in [0.1, 0.15) is 11.6 Å². The number of Topliss-reactive ketones (excluding diaryl/α,β-unsaturated/α-hetero) is 1. The smallest absolute Gasteiger partial charge is 0.328 e. The molecule has 1 amide bonds. The Morgan fingerprint density at radius 2 is 1.78 bits per heavy atom. The number of carbonyl (C=O) groups is 5. The summed E-state index contributed by atoms with van der Waals surface area (Å²) in [7, 11) is 1.23. The second-order valence-corrected chi connectivity index (χ2v) is 13.9. The van der Waals surface area contributed by atoms with Crippen molar-refractivity contribution in [1.82, 2.24) is 5.32 Å². The number of ketones is 2. The van der Waals surface area contributed by atoms with Crippen LogP contribution in [0.5, 0.6) is 0 Å². The molecule has 8 atom stereocenters. The number of rotatable bonds is 10. The minimum absolute atomic E-state index is 0.00823. The van der Waals surface area contributed by atoms with Crippen LogP contribution in [-0.2, 0) is 39.9 Å². The lowest BCUT2D eigenvalue weighted by molar-refractivity contribution is -0.184. The van der Waals surface area contributed by atoms with E-state index in [1.54, 1.807) is 6.08 Å². The largest absolute Gasteiger partial charge is 0.467 e. The summed E-state index contributed by atoms with van der Waals surface area (Å²) in [6, 6.07) is 8.21. The molecule has 5 rings (SSSR count). The van der Waals surface area contributed by atoms with Gasteiger partial charge in [-0.3, -0.25) is 19.2 Å². The van der Waals surface area contributed by atoms with E-state index >= 15 is 0 Å². The lowest BCUT2D eigenvalue weighted by atomic mass is 9.45. The predicted octanol–water partition coefficient (Wildman–Crippen LogP) is 3.01. The van der Waals surface area contributed by atoms with Crippen molar-refractivity contribution >= 4 is 29.4 Å². The standard InChI is InChI=1S/C35H45NO9/c1-33-15-13-23(37)18-22(33)9-10-24-25-14-16-35(43,34(25,2)19-27(38)31(24)33)28(39)20-45-30(41)12-11-29(40)36-26(32(42)44-3)17-21-7-5-4-6-8-21/h4-8,18,24-27,31,38,43H,9-17,19-20H2,1-3H3,(H,36,40)/t24?,25?,26?,27?,31?,33-,34-,35-/m0/s1. The molecule has 3 saturated carbocycles. The molecule has 10 nitrogen and oxygen atoms in total. The van der Waals surface area contributed by atoms with E-state index in [2.05, 4.69) is 12.2 Å². The van der Waals surface area contributed by atoms with Crippen molar-refractivity contribution in [3.8, 4) is 0 Å². The molecule has 1 aromatic carbocycles. The number of aliphatic hydroxyl groups excluding tert-OH is 1. The quantitative estimate of drug-likeness (QED) is 0.334. The summed E-state index contributed by atoms with van der Waals surface area (Å²) >= 11 is 0. The molecule has 4 aliphatic rings. The first kappa shape index (κ1) is 33.0. The van der Waals surface area contributed by atoms with Crippen molar-refractivity contribution < 1.29 is 43.7 Å². The Hall–Kier alpha value is -3.37. The number of amides is 1. The van der Waals surface area contributed by atoms with Crippen LogP contribution in [0.15, 0.2) is 42.0 Å². The van der Waals surface area contributed by atoms with E-state index < -0.39 is 53.4 Å². The van der Waals surface area contributed by atoms with Gasteiger partial charge in [0.25, 0.3) is 0 Å². The zero-order chi connectivity index (χ0) is 32.6. The fourth-order valence-corrected chi connectivity index (χ4v) is 9.16. The molecular formula is C35H45NO9. The molecule has 0 bridgehead atoms. The summed E-state index contributed by atoms with van der Waals surface area (Å²) in [6.07, 6.45) is 4.51. The summed E-state index contributed by atoms with van der Waals surface area (Å²) in [5.41, 5.74) is -0.975. The Morgan fingerprint density at radius 3 is 2.49 bits per heavy atom. The highest BCUT2D eigenvalue weighted by Gasteiger charge is 2.68. The normalized spacial score (nSPS) is 34.3. The van der Waals surface area contributed by atoms with Crippen LogP contribution in [0.1, 0.15) is 77.2 Å². The molecule has 3 fully saturated rings. The molecule has 0 spiro atoms. The van der Waals surface area contributed by atoms with Gasteiger partial charge in [0.15, 0.2) is 12.4 Å². The number of fused-ring (bicyclic) bond motifs is 5.